The molecule has 2 aromatic rings. The average molecular weight is 461 g/mol. The molecule has 2 fully saturated rings. The first kappa shape index (κ1) is 23.3. The van der Waals surface area contributed by atoms with E-state index in [-0.39, 0.29) is 18.2 Å². The number of rotatable bonds is 9. The summed E-state index contributed by atoms with van der Waals surface area (Å²) >= 11 is 0. The van der Waals surface area contributed by atoms with Crippen molar-refractivity contribution in [3.63, 3.8) is 0 Å². The first-order valence-corrected chi connectivity index (χ1v) is 11.4. The smallest absolute Gasteiger partial charge is 0.243 e. The molecule has 1 aliphatic carbocycles. The second-order valence-electron chi connectivity index (χ2n) is 8.77. The number of amides is 3. The number of likely N-dealkylation sites (tertiary alicyclic amines) is 1. The van der Waals surface area contributed by atoms with Crippen LogP contribution in [0.2, 0.25) is 0 Å². The Bertz CT molecular complexity index is 1090. The van der Waals surface area contributed by atoms with E-state index < -0.39 is 23.4 Å². The Morgan fingerprint density at radius 1 is 1.24 bits per heavy atom. The van der Waals surface area contributed by atoms with Gasteiger partial charge >= 0.3 is 0 Å². The number of nitrogens with one attached hydrogen (secondary N) is 1. The summed E-state index contributed by atoms with van der Waals surface area (Å²) in [5, 5.41) is 2.68. The third kappa shape index (κ3) is 5.04. The third-order valence-electron chi connectivity index (χ3n) is 6.42. The summed E-state index contributed by atoms with van der Waals surface area (Å²) in [6, 6.07) is 11.8. The fourth-order valence-corrected chi connectivity index (χ4v) is 4.44. The molecule has 4 rings (SSSR count). The van der Waals surface area contributed by atoms with Gasteiger partial charge in [0, 0.05) is 12.7 Å². The van der Waals surface area contributed by atoms with Gasteiger partial charge in [0.05, 0.1) is 23.6 Å². The van der Waals surface area contributed by atoms with Crippen LogP contribution in [0.4, 0.5) is 0 Å². The summed E-state index contributed by atoms with van der Waals surface area (Å²) in [6.45, 7) is 0.879. The molecule has 2 atom stereocenters. The number of benzene rings is 1. The number of primary amides is 1. The van der Waals surface area contributed by atoms with Gasteiger partial charge in [-0.25, -0.2) is 0 Å². The van der Waals surface area contributed by atoms with Crippen molar-refractivity contribution < 1.29 is 19.1 Å². The van der Waals surface area contributed by atoms with Crippen LogP contribution in [0.15, 0.2) is 48.7 Å². The van der Waals surface area contributed by atoms with Crippen molar-refractivity contribution in [3.05, 3.63) is 59.9 Å². The molecule has 3 N–H and O–H groups in total. The average Bonchev–Trinajstić information content (AvgIpc) is 3.51. The first-order valence-electron chi connectivity index (χ1n) is 11.4. The molecule has 0 bridgehead atoms. The van der Waals surface area contributed by atoms with Crippen LogP contribution >= 0.6 is 0 Å². The number of carbonyl (C=O) groups is 3. The lowest BCUT2D eigenvalue weighted by Gasteiger charge is -2.29. The summed E-state index contributed by atoms with van der Waals surface area (Å²) in [4.78, 5) is 43.5. The van der Waals surface area contributed by atoms with Gasteiger partial charge in [0.2, 0.25) is 17.7 Å². The van der Waals surface area contributed by atoms with Crippen molar-refractivity contribution in [2.75, 3.05) is 6.54 Å². The Balaban J connectivity index is 1.41. The van der Waals surface area contributed by atoms with Crippen LogP contribution in [0.1, 0.15) is 43.4 Å². The number of hydrogen-bond acceptors (Lipinski definition) is 5. The molecule has 2 aliphatic rings. The van der Waals surface area contributed by atoms with Gasteiger partial charge in [-0.2, -0.15) is 0 Å². The lowest BCUT2D eigenvalue weighted by Crippen LogP contribution is -2.51. The van der Waals surface area contributed by atoms with Crippen LogP contribution in [0.5, 0.6) is 5.75 Å². The summed E-state index contributed by atoms with van der Waals surface area (Å²) in [5.74, 6) is 2.10. The number of nitrogens with zero attached hydrogens (tertiary/aromatic N) is 2. The SMILES string of the molecule is C#C[C@H](CC(N)=O)NC(=O)[C@@H]1CCCN1C(=O)C1(c2ccc(OCc3ccccn3)cc2)CC1. The van der Waals surface area contributed by atoms with Crippen molar-refractivity contribution in [1.82, 2.24) is 15.2 Å². The molecular formula is C26H28N4O4. The van der Waals surface area contributed by atoms with Crippen LogP contribution in [0, 0.1) is 12.3 Å². The van der Waals surface area contributed by atoms with Gasteiger partial charge in [0.1, 0.15) is 18.4 Å². The number of nitrogens with two attached hydrogens (primary N) is 1. The fraction of sp³-hybridized carbons (Fsp3) is 0.385. The van der Waals surface area contributed by atoms with Gasteiger partial charge in [0.15, 0.2) is 0 Å². The molecule has 3 amide bonds. The van der Waals surface area contributed by atoms with Gasteiger partial charge in [-0.15, -0.1) is 6.42 Å². The molecule has 2 heterocycles. The summed E-state index contributed by atoms with van der Waals surface area (Å²) in [5.41, 5.74) is 6.35. The molecule has 176 valence electrons. The number of aromatic nitrogens is 1. The lowest BCUT2D eigenvalue weighted by atomic mass is 9.93. The number of pyridine rings is 1. The lowest BCUT2D eigenvalue weighted by molar-refractivity contribution is -0.140. The normalized spacial score (nSPS) is 19.0. The van der Waals surface area contributed by atoms with Crippen molar-refractivity contribution in [2.24, 2.45) is 5.73 Å². The molecule has 1 aromatic heterocycles. The first-order chi connectivity index (χ1) is 16.4. The predicted molar refractivity (Wildman–Crippen MR) is 125 cm³/mol. The highest BCUT2D eigenvalue weighted by molar-refractivity contribution is 5.96. The van der Waals surface area contributed by atoms with Crippen molar-refractivity contribution in [1.29, 1.82) is 0 Å². The maximum Gasteiger partial charge on any atom is 0.243 e. The summed E-state index contributed by atoms with van der Waals surface area (Å²) in [6.07, 6.45) is 9.76. The minimum absolute atomic E-state index is 0.0422. The molecule has 0 radical (unpaired) electrons. The van der Waals surface area contributed by atoms with E-state index in [1.165, 1.54) is 0 Å². The Morgan fingerprint density at radius 3 is 2.62 bits per heavy atom. The highest BCUT2D eigenvalue weighted by Crippen LogP contribution is 2.50. The largest absolute Gasteiger partial charge is 0.487 e. The van der Waals surface area contributed by atoms with E-state index in [4.69, 9.17) is 16.9 Å². The molecule has 1 saturated carbocycles. The summed E-state index contributed by atoms with van der Waals surface area (Å²) < 4.78 is 5.80. The quantitative estimate of drug-likeness (QED) is 0.553. The van der Waals surface area contributed by atoms with Gasteiger partial charge in [-0.3, -0.25) is 19.4 Å². The number of carbonyl (C=O) groups excluding carboxylic acids is 3. The van der Waals surface area contributed by atoms with E-state index >= 15 is 0 Å². The van der Waals surface area contributed by atoms with Crippen LogP contribution in [0.25, 0.3) is 0 Å². The molecule has 8 nitrogen and oxygen atoms in total. The van der Waals surface area contributed by atoms with Crippen LogP contribution in [0.3, 0.4) is 0 Å². The predicted octanol–water partition coefficient (Wildman–Crippen LogP) is 1.68. The molecule has 1 aromatic carbocycles. The molecular weight excluding hydrogens is 432 g/mol. The number of terminal acetylenes is 1. The van der Waals surface area contributed by atoms with Crippen LogP contribution in [-0.2, 0) is 26.4 Å². The highest BCUT2D eigenvalue weighted by Gasteiger charge is 2.55. The Morgan fingerprint density at radius 2 is 2.00 bits per heavy atom. The minimum Gasteiger partial charge on any atom is -0.487 e. The van der Waals surface area contributed by atoms with Gasteiger partial charge in [-0.1, -0.05) is 24.1 Å². The second kappa shape index (κ2) is 9.96. The Kier molecular flexibility index (Phi) is 6.82. The molecule has 34 heavy (non-hydrogen) atoms. The van der Waals surface area contributed by atoms with E-state index in [0.717, 1.165) is 30.5 Å². The van der Waals surface area contributed by atoms with Crippen molar-refractivity contribution in [3.8, 4) is 18.1 Å². The Hall–Kier alpha value is -3.86. The van der Waals surface area contributed by atoms with Gasteiger partial charge < -0.3 is 20.7 Å². The van der Waals surface area contributed by atoms with Gasteiger partial charge in [-0.05, 0) is 55.5 Å². The zero-order valence-electron chi connectivity index (χ0n) is 18.9. The van der Waals surface area contributed by atoms with E-state index in [2.05, 4.69) is 16.2 Å². The van der Waals surface area contributed by atoms with Crippen molar-refractivity contribution in [2.45, 2.75) is 56.2 Å². The number of ether oxygens (including phenoxy) is 1. The van der Waals surface area contributed by atoms with E-state index in [1.807, 2.05) is 42.5 Å². The van der Waals surface area contributed by atoms with Crippen LogP contribution < -0.4 is 15.8 Å². The van der Waals surface area contributed by atoms with Gasteiger partial charge in [0.25, 0.3) is 0 Å². The molecule has 0 spiro atoms. The highest BCUT2D eigenvalue weighted by atomic mass is 16.5. The zero-order valence-corrected chi connectivity index (χ0v) is 18.9. The fourth-order valence-electron chi connectivity index (χ4n) is 4.44. The van der Waals surface area contributed by atoms with E-state index in [0.29, 0.717) is 25.3 Å². The number of hydrogen-bond donors (Lipinski definition) is 2. The zero-order chi connectivity index (χ0) is 24.1. The molecule has 8 heteroatoms. The molecule has 0 unspecified atom stereocenters. The van der Waals surface area contributed by atoms with Crippen molar-refractivity contribution >= 4 is 17.7 Å². The molecule has 1 saturated heterocycles. The monoisotopic (exact) mass is 460 g/mol. The second-order valence-corrected chi connectivity index (χ2v) is 8.77. The third-order valence-corrected chi connectivity index (χ3v) is 6.42. The van der Waals surface area contributed by atoms with E-state index in [9.17, 15) is 14.4 Å². The Labute approximate surface area is 198 Å². The van der Waals surface area contributed by atoms with Crippen LogP contribution in [-0.4, -0.2) is 46.2 Å². The van der Waals surface area contributed by atoms with E-state index in [1.54, 1.807) is 11.1 Å². The molecule has 1 aliphatic heterocycles. The topological polar surface area (TPSA) is 115 Å². The maximum absolute atomic E-state index is 13.6. The summed E-state index contributed by atoms with van der Waals surface area (Å²) in [7, 11) is 0. The standard InChI is InChI=1S/C26H28N4O4/c1-2-19(16-23(27)31)29-24(32)22-7-5-15-30(22)25(33)26(12-13-26)18-8-10-21(11-9-18)34-17-20-6-3-4-14-28-20/h1,3-4,6,8-11,14,19,22H,5,7,12-13,15-17H2,(H2,27,31)(H,29,32)/t19-,22+/m1/s1. The maximum atomic E-state index is 13.6. The minimum atomic E-state index is -0.781.